The first-order valence-electron chi connectivity index (χ1n) is 8.59. The molecule has 3 aromatic rings. The molecule has 0 saturated carbocycles. The average molecular weight is 368 g/mol. The quantitative estimate of drug-likeness (QED) is 0.764. The lowest BCUT2D eigenvalue weighted by atomic mass is 10.00. The Labute approximate surface area is 152 Å². The molecule has 26 heavy (non-hydrogen) atoms. The van der Waals surface area contributed by atoms with Crippen LogP contribution >= 0.6 is 0 Å². The van der Waals surface area contributed by atoms with Crippen LogP contribution in [0.3, 0.4) is 0 Å². The number of benzene rings is 1. The second-order valence-corrected chi connectivity index (χ2v) is 8.57. The van der Waals surface area contributed by atoms with Gasteiger partial charge >= 0.3 is 0 Å². The van der Waals surface area contributed by atoms with Crippen molar-refractivity contribution in [2.45, 2.75) is 23.8 Å². The molecule has 3 heterocycles. The summed E-state index contributed by atoms with van der Waals surface area (Å²) in [5.41, 5.74) is 3.71. The second kappa shape index (κ2) is 6.70. The monoisotopic (exact) mass is 368 g/mol. The van der Waals surface area contributed by atoms with Crippen molar-refractivity contribution >= 4 is 26.4 Å². The van der Waals surface area contributed by atoms with Gasteiger partial charge in [-0.15, -0.1) is 0 Å². The smallest absolute Gasteiger partial charge is 0.175 e. The summed E-state index contributed by atoms with van der Waals surface area (Å²) in [6.45, 7) is 0.774. The van der Waals surface area contributed by atoms with Crippen molar-refractivity contribution in [3.8, 4) is 0 Å². The number of H-pyrrole nitrogens is 1. The molecule has 0 radical (unpaired) electrons. The SMILES string of the molecule is CS(=O)(=O)c1ccc(/C(=C\C2CCCO2)c2cc3cccnc3[nH]2)cc1. The van der Waals surface area contributed by atoms with Gasteiger partial charge in [0.2, 0.25) is 0 Å². The maximum atomic E-state index is 11.7. The van der Waals surface area contributed by atoms with E-state index in [0.717, 1.165) is 47.3 Å². The third-order valence-corrected chi connectivity index (χ3v) is 5.72. The summed E-state index contributed by atoms with van der Waals surface area (Å²) in [5.74, 6) is 0. The van der Waals surface area contributed by atoms with E-state index in [0.29, 0.717) is 4.90 Å². The Morgan fingerprint density at radius 3 is 2.73 bits per heavy atom. The molecule has 1 unspecified atom stereocenters. The van der Waals surface area contributed by atoms with Gasteiger partial charge in [-0.2, -0.15) is 0 Å². The number of hydrogen-bond donors (Lipinski definition) is 1. The highest BCUT2D eigenvalue weighted by Gasteiger charge is 2.17. The first kappa shape index (κ1) is 17.0. The molecule has 6 heteroatoms. The molecule has 1 aromatic carbocycles. The van der Waals surface area contributed by atoms with E-state index in [4.69, 9.17) is 4.74 Å². The Balaban J connectivity index is 1.80. The third-order valence-electron chi connectivity index (χ3n) is 4.59. The Morgan fingerprint density at radius 2 is 2.08 bits per heavy atom. The fourth-order valence-corrected chi connectivity index (χ4v) is 3.88. The minimum atomic E-state index is -3.21. The van der Waals surface area contributed by atoms with E-state index in [2.05, 4.69) is 22.1 Å². The van der Waals surface area contributed by atoms with Gasteiger partial charge in [-0.1, -0.05) is 12.1 Å². The number of hydrogen-bond acceptors (Lipinski definition) is 4. The lowest BCUT2D eigenvalue weighted by Gasteiger charge is -2.11. The standard InChI is InChI=1S/C20H20N2O3S/c1-26(23,24)17-8-6-14(7-9-17)18(13-16-5-3-11-25-16)19-12-15-4-2-10-21-20(15)22-19/h2,4,6-10,12-13,16H,3,5,11H2,1H3,(H,21,22)/b18-13+. The number of ether oxygens (including phenoxy) is 1. The maximum absolute atomic E-state index is 11.7. The molecule has 1 aliphatic rings. The van der Waals surface area contributed by atoms with Crippen LogP contribution in [0, 0.1) is 0 Å². The maximum Gasteiger partial charge on any atom is 0.175 e. The molecule has 0 amide bonds. The summed E-state index contributed by atoms with van der Waals surface area (Å²) >= 11 is 0. The van der Waals surface area contributed by atoms with E-state index >= 15 is 0 Å². The number of nitrogens with one attached hydrogen (secondary N) is 1. The third kappa shape index (κ3) is 3.43. The van der Waals surface area contributed by atoms with E-state index in [1.807, 2.05) is 24.3 Å². The van der Waals surface area contributed by atoms with Crippen molar-refractivity contribution in [1.29, 1.82) is 0 Å². The molecule has 1 fully saturated rings. The minimum Gasteiger partial charge on any atom is -0.374 e. The van der Waals surface area contributed by atoms with Gasteiger partial charge in [-0.3, -0.25) is 0 Å². The molecule has 134 valence electrons. The molecular formula is C20H20N2O3S. The van der Waals surface area contributed by atoms with Crippen LogP contribution in [0.4, 0.5) is 0 Å². The van der Waals surface area contributed by atoms with Gasteiger partial charge in [0.05, 0.1) is 11.0 Å². The summed E-state index contributed by atoms with van der Waals surface area (Å²) in [4.78, 5) is 8.04. The second-order valence-electron chi connectivity index (χ2n) is 6.55. The number of aromatic amines is 1. The zero-order valence-electron chi connectivity index (χ0n) is 14.5. The number of nitrogens with zero attached hydrogens (tertiary/aromatic N) is 1. The molecule has 1 aliphatic heterocycles. The fraction of sp³-hybridized carbons (Fsp3) is 0.250. The fourth-order valence-electron chi connectivity index (χ4n) is 3.25. The molecule has 0 spiro atoms. The summed E-state index contributed by atoms with van der Waals surface area (Å²) in [6.07, 6.45) is 7.20. The molecule has 0 bridgehead atoms. The van der Waals surface area contributed by atoms with Crippen LogP contribution < -0.4 is 0 Å². The summed E-state index contributed by atoms with van der Waals surface area (Å²) in [7, 11) is -3.21. The molecule has 0 aliphatic carbocycles. The van der Waals surface area contributed by atoms with Crippen molar-refractivity contribution in [3.63, 3.8) is 0 Å². The van der Waals surface area contributed by atoms with Crippen LogP contribution in [0.15, 0.2) is 59.6 Å². The van der Waals surface area contributed by atoms with Gasteiger partial charge in [-0.05, 0) is 54.8 Å². The molecule has 1 N–H and O–H groups in total. The van der Waals surface area contributed by atoms with E-state index < -0.39 is 9.84 Å². The van der Waals surface area contributed by atoms with Gasteiger partial charge in [0.15, 0.2) is 9.84 Å². The van der Waals surface area contributed by atoms with E-state index in [1.165, 1.54) is 6.26 Å². The van der Waals surface area contributed by atoms with E-state index in [1.54, 1.807) is 18.3 Å². The summed E-state index contributed by atoms with van der Waals surface area (Å²) in [6, 6.07) is 13.0. The highest BCUT2D eigenvalue weighted by atomic mass is 32.2. The number of rotatable bonds is 4. The summed E-state index contributed by atoms with van der Waals surface area (Å²) < 4.78 is 29.2. The zero-order valence-corrected chi connectivity index (χ0v) is 15.3. The van der Waals surface area contributed by atoms with Crippen molar-refractivity contribution in [2.75, 3.05) is 12.9 Å². The van der Waals surface area contributed by atoms with Crippen LogP contribution in [0.1, 0.15) is 24.1 Å². The Morgan fingerprint density at radius 1 is 1.27 bits per heavy atom. The Bertz CT molecular complexity index is 1030. The first-order valence-corrected chi connectivity index (χ1v) is 10.5. The molecule has 1 saturated heterocycles. The predicted octanol–water partition coefficient (Wildman–Crippen LogP) is 3.58. The lowest BCUT2D eigenvalue weighted by Crippen LogP contribution is -2.03. The van der Waals surface area contributed by atoms with Crippen LogP contribution in [0.2, 0.25) is 0 Å². The van der Waals surface area contributed by atoms with Gasteiger partial charge in [0, 0.05) is 35.7 Å². The molecule has 5 nitrogen and oxygen atoms in total. The Kier molecular flexibility index (Phi) is 4.38. The molecule has 1 atom stereocenters. The van der Waals surface area contributed by atoms with Crippen LogP contribution in [-0.2, 0) is 14.6 Å². The van der Waals surface area contributed by atoms with Crippen molar-refractivity contribution in [2.24, 2.45) is 0 Å². The number of aromatic nitrogens is 2. The van der Waals surface area contributed by atoms with Gasteiger partial charge in [0.1, 0.15) is 5.65 Å². The van der Waals surface area contributed by atoms with Crippen molar-refractivity contribution < 1.29 is 13.2 Å². The molecule has 2 aromatic heterocycles. The Hall–Kier alpha value is -2.44. The topological polar surface area (TPSA) is 72.1 Å². The van der Waals surface area contributed by atoms with Gasteiger partial charge < -0.3 is 9.72 Å². The normalized spacial score (nSPS) is 18.5. The van der Waals surface area contributed by atoms with Crippen molar-refractivity contribution in [1.82, 2.24) is 9.97 Å². The average Bonchev–Trinajstić information content (AvgIpc) is 3.28. The number of sulfone groups is 1. The number of pyridine rings is 1. The highest BCUT2D eigenvalue weighted by molar-refractivity contribution is 7.90. The summed E-state index contributed by atoms with van der Waals surface area (Å²) in [5, 5.41) is 1.04. The largest absolute Gasteiger partial charge is 0.374 e. The van der Waals surface area contributed by atoms with Gasteiger partial charge in [-0.25, -0.2) is 13.4 Å². The number of fused-ring (bicyclic) bond motifs is 1. The van der Waals surface area contributed by atoms with Crippen LogP contribution in [0.25, 0.3) is 16.6 Å². The van der Waals surface area contributed by atoms with E-state index in [9.17, 15) is 8.42 Å². The zero-order chi connectivity index (χ0) is 18.1. The predicted molar refractivity (Wildman–Crippen MR) is 102 cm³/mol. The van der Waals surface area contributed by atoms with Gasteiger partial charge in [0.25, 0.3) is 0 Å². The molecule has 4 rings (SSSR count). The minimum absolute atomic E-state index is 0.0685. The van der Waals surface area contributed by atoms with Crippen LogP contribution in [-0.4, -0.2) is 37.4 Å². The van der Waals surface area contributed by atoms with E-state index in [-0.39, 0.29) is 6.10 Å². The molecular weight excluding hydrogens is 348 g/mol. The van der Waals surface area contributed by atoms with Crippen molar-refractivity contribution in [3.05, 3.63) is 66.0 Å². The highest BCUT2D eigenvalue weighted by Crippen LogP contribution is 2.29. The lowest BCUT2D eigenvalue weighted by molar-refractivity contribution is 0.146. The first-order chi connectivity index (χ1) is 12.5. The van der Waals surface area contributed by atoms with Crippen LogP contribution in [0.5, 0.6) is 0 Å².